The fourth-order valence-corrected chi connectivity index (χ4v) is 5.50. The van der Waals surface area contributed by atoms with Crippen molar-refractivity contribution in [3.8, 4) is 22.9 Å². The van der Waals surface area contributed by atoms with Gasteiger partial charge in [-0.05, 0) is 84.1 Å². The topological polar surface area (TPSA) is 78.9 Å². The molecule has 0 spiro atoms. The van der Waals surface area contributed by atoms with Gasteiger partial charge >= 0.3 is 0 Å². The number of aromatic nitrogens is 3. The average Bonchev–Trinajstić information content (AvgIpc) is 2.97. The van der Waals surface area contributed by atoms with Gasteiger partial charge < -0.3 is 29.5 Å². The predicted octanol–water partition coefficient (Wildman–Crippen LogP) is 5.21. The van der Waals surface area contributed by atoms with Crippen LogP contribution in [0.25, 0.3) is 11.3 Å². The highest BCUT2D eigenvalue weighted by atomic mass is 19.1. The summed E-state index contributed by atoms with van der Waals surface area (Å²) in [5, 5.41) is 3.02. The maximum absolute atomic E-state index is 15.0. The zero-order valence-electron chi connectivity index (χ0n) is 24.7. The Balaban J connectivity index is 1.35. The van der Waals surface area contributed by atoms with Gasteiger partial charge in [0.1, 0.15) is 11.5 Å². The first kappa shape index (κ1) is 29.8. The van der Waals surface area contributed by atoms with Crippen LogP contribution in [-0.4, -0.2) is 91.1 Å². The monoisotopic (exact) mass is 585 g/mol. The Morgan fingerprint density at radius 1 is 1.12 bits per heavy atom. The van der Waals surface area contributed by atoms with E-state index in [0.29, 0.717) is 23.3 Å². The van der Waals surface area contributed by atoms with Crippen molar-refractivity contribution in [3.63, 3.8) is 0 Å². The number of anilines is 3. The molecule has 5 rings (SSSR count). The van der Waals surface area contributed by atoms with Crippen LogP contribution in [0, 0.1) is 11.6 Å². The van der Waals surface area contributed by atoms with Gasteiger partial charge in [-0.15, -0.1) is 0 Å². The van der Waals surface area contributed by atoms with Crippen LogP contribution in [0.3, 0.4) is 0 Å². The minimum atomic E-state index is -1.66. The minimum Gasteiger partial charge on any atom is -0.481 e. The summed E-state index contributed by atoms with van der Waals surface area (Å²) in [7, 11) is 5.76. The summed E-state index contributed by atoms with van der Waals surface area (Å²) in [6, 6.07) is 6.34. The SMILES string of the molecule is COc1nc(Nc2ncc(F)c(-c3cc(F)c4c(c3)N(C(C)C)CC(F)O4)n2)ccc1C1CCN(CCN(C)C)CC1. The van der Waals surface area contributed by atoms with Crippen molar-refractivity contribution in [2.75, 3.05) is 64.1 Å². The molecule has 3 aromatic rings. The van der Waals surface area contributed by atoms with E-state index in [1.165, 1.54) is 0 Å². The van der Waals surface area contributed by atoms with Crippen LogP contribution in [0.2, 0.25) is 0 Å². The fraction of sp³-hybridized carbons (Fsp3) is 0.500. The number of likely N-dealkylation sites (tertiary alicyclic amines) is 1. The van der Waals surface area contributed by atoms with E-state index in [-0.39, 0.29) is 35.5 Å². The molecule has 4 heterocycles. The predicted molar refractivity (Wildman–Crippen MR) is 156 cm³/mol. The zero-order valence-corrected chi connectivity index (χ0v) is 24.7. The molecule has 226 valence electrons. The smallest absolute Gasteiger partial charge is 0.256 e. The molecule has 0 saturated carbocycles. The Morgan fingerprint density at radius 2 is 1.88 bits per heavy atom. The molecule has 2 aromatic heterocycles. The second kappa shape index (κ2) is 12.7. The van der Waals surface area contributed by atoms with Gasteiger partial charge in [0.05, 0.1) is 25.5 Å². The first-order valence-corrected chi connectivity index (χ1v) is 14.3. The molecule has 0 bridgehead atoms. The maximum atomic E-state index is 15.0. The largest absolute Gasteiger partial charge is 0.481 e. The first-order valence-electron chi connectivity index (χ1n) is 14.3. The highest BCUT2D eigenvalue weighted by molar-refractivity contribution is 5.73. The Morgan fingerprint density at radius 3 is 2.57 bits per heavy atom. The summed E-state index contributed by atoms with van der Waals surface area (Å²) in [4.78, 5) is 19.4. The molecule has 9 nitrogen and oxygen atoms in total. The number of methoxy groups -OCH3 is 1. The lowest BCUT2D eigenvalue weighted by molar-refractivity contribution is 0.0591. The molecular formula is C30H38F3N7O2. The summed E-state index contributed by atoms with van der Waals surface area (Å²) in [6.07, 6.45) is 1.39. The number of hydrogen-bond donors (Lipinski definition) is 1. The van der Waals surface area contributed by atoms with Crippen LogP contribution < -0.4 is 19.7 Å². The average molecular weight is 586 g/mol. The minimum absolute atomic E-state index is 0.0638. The number of nitrogens with one attached hydrogen (secondary N) is 1. The molecule has 0 amide bonds. The second-order valence-corrected chi connectivity index (χ2v) is 11.3. The van der Waals surface area contributed by atoms with E-state index in [9.17, 15) is 8.78 Å². The van der Waals surface area contributed by atoms with E-state index in [1.807, 2.05) is 26.0 Å². The summed E-state index contributed by atoms with van der Waals surface area (Å²) in [5.74, 6) is -0.349. The quantitative estimate of drug-likeness (QED) is 0.364. The van der Waals surface area contributed by atoms with E-state index >= 15 is 4.39 Å². The van der Waals surface area contributed by atoms with Crippen LogP contribution in [0.4, 0.5) is 30.6 Å². The van der Waals surface area contributed by atoms with Gasteiger partial charge in [-0.3, -0.25) is 0 Å². The van der Waals surface area contributed by atoms with Gasteiger partial charge in [-0.1, -0.05) is 0 Å². The Bertz CT molecular complexity index is 1400. The van der Waals surface area contributed by atoms with Crippen LogP contribution in [0.1, 0.15) is 38.2 Å². The Labute approximate surface area is 244 Å². The van der Waals surface area contributed by atoms with Gasteiger partial charge in [0.2, 0.25) is 11.8 Å². The molecule has 1 N–H and O–H groups in total. The molecule has 1 atom stereocenters. The number of likely N-dealkylation sites (N-methyl/N-ethyl adjacent to an activating group) is 1. The van der Waals surface area contributed by atoms with Gasteiger partial charge in [0, 0.05) is 30.3 Å². The van der Waals surface area contributed by atoms with Gasteiger partial charge in [-0.25, -0.2) is 18.7 Å². The molecule has 0 radical (unpaired) electrons. The molecule has 1 aromatic carbocycles. The lowest BCUT2D eigenvalue weighted by atomic mass is 9.90. The number of hydrogen-bond acceptors (Lipinski definition) is 9. The lowest BCUT2D eigenvalue weighted by Crippen LogP contribution is -2.42. The zero-order chi connectivity index (χ0) is 30.0. The standard InChI is InChI=1S/C30H38F3N7O2/c1-18(2)40-17-25(33)42-28-22(31)14-20(15-24(28)40)27-23(32)16-34-30(37-27)36-26-7-6-21(29(35-26)41-5)19-8-10-39(11-9-19)13-12-38(3)4/h6-7,14-16,18-19,25H,8-13,17H2,1-5H3,(H,34,35,36,37). The highest BCUT2D eigenvalue weighted by Gasteiger charge is 2.31. The number of piperidine rings is 1. The number of alkyl halides is 1. The second-order valence-electron chi connectivity index (χ2n) is 11.3. The highest BCUT2D eigenvalue weighted by Crippen LogP contribution is 2.41. The summed E-state index contributed by atoms with van der Waals surface area (Å²) in [6.45, 7) is 7.79. The number of rotatable bonds is 9. The van der Waals surface area contributed by atoms with Crippen molar-refractivity contribution >= 4 is 17.5 Å². The van der Waals surface area contributed by atoms with Crippen LogP contribution in [0.15, 0.2) is 30.5 Å². The van der Waals surface area contributed by atoms with E-state index in [0.717, 1.165) is 56.8 Å². The van der Waals surface area contributed by atoms with E-state index < -0.39 is 18.0 Å². The van der Waals surface area contributed by atoms with Gasteiger partial charge in [0.15, 0.2) is 17.4 Å². The third-order valence-electron chi connectivity index (χ3n) is 7.77. The molecule has 1 fully saturated rings. The fourth-order valence-electron chi connectivity index (χ4n) is 5.50. The van der Waals surface area contributed by atoms with Crippen molar-refractivity contribution in [2.45, 2.75) is 45.0 Å². The first-order chi connectivity index (χ1) is 20.1. The number of ether oxygens (including phenoxy) is 2. The van der Waals surface area contributed by atoms with Crippen molar-refractivity contribution in [2.24, 2.45) is 0 Å². The molecule has 0 aliphatic carbocycles. The van der Waals surface area contributed by atoms with Crippen molar-refractivity contribution < 1.29 is 22.6 Å². The van der Waals surface area contributed by atoms with Crippen LogP contribution >= 0.6 is 0 Å². The summed E-state index contributed by atoms with van der Waals surface area (Å²) < 4.78 is 54.9. The molecule has 12 heteroatoms. The number of nitrogens with zero attached hydrogens (tertiary/aromatic N) is 6. The number of halogens is 3. The van der Waals surface area contributed by atoms with Crippen LogP contribution in [-0.2, 0) is 0 Å². The number of fused-ring (bicyclic) bond motifs is 1. The number of pyridine rings is 1. The molecule has 1 saturated heterocycles. The Kier molecular flexibility index (Phi) is 9.02. The van der Waals surface area contributed by atoms with E-state index in [1.54, 1.807) is 18.1 Å². The van der Waals surface area contributed by atoms with E-state index in [4.69, 9.17) is 9.47 Å². The van der Waals surface area contributed by atoms with Crippen molar-refractivity contribution in [1.29, 1.82) is 0 Å². The lowest BCUT2D eigenvalue weighted by Gasteiger charge is -2.36. The summed E-state index contributed by atoms with van der Waals surface area (Å²) in [5.41, 5.74) is 1.46. The van der Waals surface area contributed by atoms with Crippen LogP contribution in [0.5, 0.6) is 11.6 Å². The molecule has 42 heavy (non-hydrogen) atoms. The third kappa shape index (κ3) is 6.54. The van der Waals surface area contributed by atoms with Crippen molar-refractivity contribution in [1.82, 2.24) is 24.8 Å². The molecule has 2 aliphatic heterocycles. The molecule has 1 unspecified atom stereocenters. The maximum Gasteiger partial charge on any atom is 0.256 e. The molecular weight excluding hydrogens is 547 g/mol. The van der Waals surface area contributed by atoms with E-state index in [2.05, 4.69) is 44.2 Å². The van der Waals surface area contributed by atoms with Gasteiger partial charge in [-0.2, -0.15) is 9.37 Å². The number of benzene rings is 1. The van der Waals surface area contributed by atoms with Crippen molar-refractivity contribution in [3.05, 3.63) is 47.7 Å². The molecule has 2 aliphatic rings. The summed E-state index contributed by atoms with van der Waals surface area (Å²) >= 11 is 0. The third-order valence-corrected chi connectivity index (χ3v) is 7.77. The normalized spacial score (nSPS) is 17.9. The van der Waals surface area contributed by atoms with Gasteiger partial charge in [0.25, 0.3) is 6.36 Å². The Hall–Kier alpha value is -3.64.